The minimum Gasteiger partial charge on any atom is -0.444 e. The van der Waals surface area contributed by atoms with E-state index >= 15 is 0 Å². The van der Waals surface area contributed by atoms with Gasteiger partial charge in [-0.3, -0.25) is 0 Å². The fourth-order valence-electron chi connectivity index (χ4n) is 2.42. The van der Waals surface area contributed by atoms with Crippen LogP contribution in [0.15, 0.2) is 70.6 Å². The minimum absolute atomic E-state index is 0.275. The van der Waals surface area contributed by atoms with Gasteiger partial charge in [0.25, 0.3) is 0 Å². The molecule has 26 heavy (non-hydrogen) atoms. The van der Waals surface area contributed by atoms with Crippen molar-refractivity contribution in [3.63, 3.8) is 0 Å². The van der Waals surface area contributed by atoms with Gasteiger partial charge in [0, 0.05) is 11.3 Å². The number of nitrogens with zero attached hydrogens (tertiary/aromatic N) is 2. The van der Waals surface area contributed by atoms with Gasteiger partial charge in [0.15, 0.2) is 5.16 Å². The molecule has 0 spiro atoms. The van der Waals surface area contributed by atoms with E-state index in [1.54, 1.807) is 36.7 Å². The van der Waals surface area contributed by atoms with E-state index in [4.69, 9.17) is 4.42 Å². The summed E-state index contributed by atoms with van der Waals surface area (Å²) < 4.78 is 31.7. The molecular weight excluding hydrogens is 356 g/mol. The Balaban J connectivity index is 1.43. The van der Waals surface area contributed by atoms with Gasteiger partial charge >= 0.3 is 0 Å². The third-order valence-corrected chi connectivity index (χ3v) is 4.61. The molecule has 0 aliphatic rings. The summed E-state index contributed by atoms with van der Waals surface area (Å²) in [6.07, 6.45) is 3.26. The predicted molar refractivity (Wildman–Crippen MR) is 95.4 cm³/mol. The first kappa shape index (κ1) is 16.5. The average molecular weight is 369 g/mol. The summed E-state index contributed by atoms with van der Waals surface area (Å²) in [5, 5.41) is 0.722. The SMILES string of the molecule is Fc1ccc(-c2cnc(SCc3coc(-c4cccc(F)c4)n3)[nH]2)cc1. The zero-order chi connectivity index (χ0) is 17.9. The number of H-pyrrole nitrogens is 1. The van der Waals surface area contributed by atoms with E-state index in [1.165, 1.54) is 36.0 Å². The molecule has 2 aromatic heterocycles. The van der Waals surface area contributed by atoms with Crippen molar-refractivity contribution in [3.05, 3.63) is 78.3 Å². The first-order valence-electron chi connectivity index (χ1n) is 7.81. The molecule has 0 unspecified atom stereocenters. The maximum Gasteiger partial charge on any atom is 0.226 e. The lowest BCUT2D eigenvalue weighted by atomic mass is 10.2. The van der Waals surface area contributed by atoms with Crippen molar-refractivity contribution in [2.75, 3.05) is 0 Å². The molecule has 130 valence electrons. The Morgan fingerprint density at radius 3 is 2.65 bits per heavy atom. The van der Waals surface area contributed by atoms with Gasteiger partial charge in [0.1, 0.15) is 17.9 Å². The highest BCUT2D eigenvalue weighted by Crippen LogP contribution is 2.26. The second kappa shape index (κ2) is 7.13. The number of hydrogen-bond donors (Lipinski definition) is 1. The van der Waals surface area contributed by atoms with Gasteiger partial charge in [-0.05, 0) is 48.0 Å². The van der Waals surface area contributed by atoms with Crippen LogP contribution < -0.4 is 0 Å². The van der Waals surface area contributed by atoms with Crippen LogP contribution in [0.5, 0.6) is 0 Å². The quantitative estimate of drug-likeness (QED) is 0.485. The van der Waals surface area contributed by atoms with E-state index < -0.39 is 0 Å². The maximum atomic E-state index is 13.3. The minimum atomic E-state index is -0.333. The van der Waals surface area contributed by atoms with Crippen LogP contribution in [-0.2, 0) is 5.75 Å². The molecule has 4 nitrogen and oxygen atoms in total. The van der Waals surface area contributed by atoms with Crippen LogP contribution in [0.1, 0.15) is 5.69 Å². The van der Waals surface area contributed by atoms with Crippen molar-refractivity contribution in [2.24, 2.45) is 0 Å². The third-order valence-electron chi connectivity index (χ3n) is 3.69. The summed E-state index contributed by atoms with van der Waals surface area (Å²) in [5.74, 6) is 0.324. The summed E-state index contributed by atoms with van der Waals surface area (Å²) in [5.41, 5.74) is 3.00. The molecule has 0 saturated heterocycles. The van der Waals surface area contributed by atoms with Crippen LogP contribution in [0.25, 0.3) is 22.7 Å². The zero-order valence-electron chi connectivity index (χ0n) is 13.4. The number of oxazole rings is 1. The standard InChI is InChI=1S/C19H13F2N3OS/c20-14-6-4-12(5-7-14)17-9-22-19(24-17)26-11-16-10-25-18(23-16)13-2-1-3-15(21)8-13/h1-10H,11H2,(H,22,24). The molecule has 2 aromatic carbocycles. The maximum absolute atomic E-state index is 13.3. The van der Waals surface area contributed by atoms with Gasteiger partial charge in [0.2, 0.25) is 5.89 Å². The third kappa shape index (κ3) is 3.67. The summed E-state index contributed by atoms with van der Waals surface area (Å²) in [4.78, 5) is 11.9. The number of nitrogens with one attached hydrogen (secondary N) is 1. The van der Waals surface area contributed by atoms with E-state index in [9.17, 15) is 8.78 Å². The molecule has 0 amide bonds. The highest BCUT2D eigenvalue weighted by Gasteiger charge is 2.10. The summed E-state index contributed by atoms with van der Waals surface area (Å²) in [6.45, 7) is 0. The second-order valence-corrected chi connectivity index (χ2v) is 6.52. The van der Waals surface area contributed by atoms with Crippen molar-refractivity contribution >= 4 is 11.8 Å². The lowest BCUT2D eigenvalue weighted by Gasteiger charge is -1.97. The van der Waals surface area contributed by atoms with Crippen LogP contribution in [-0.4, -0.2) is 15.0 Å². The van der Waals surface area contributed by atoms with Crippen molar-refractivity contribution in [1.82, 2.24) is 15.0 Å². The fourth-order valence-corrected chi connectivity index (χ4v) is 3.15. The number of imidazole rings is 1. The molecular formula is C19H13F2N3OS. The summed E-state index contributed by atoms with van der Waals surface area (Å²) in [6, 6.07) is 12.3. The number of thioether (sulfide) groups is 1. The average Bonchev–Trinajstić information content (AvgIpc) is 3.30. The van der Waals surface area contributed by atoms with Crippen LogP contribution in [0.4, 0.5) is 8.78 Å². The molecule has 0 saturated carbocycles. The molecule has 0 atom stereocenters. The smallest absolute Gasteiger partial charge is 0.226 e. The van der Waals surface area contributed by atoms with Gasteiger partial charge in [-0.1, -0.05) is 17.8 Å². The van der Waals surface area contributed by atoms with Crippen molar-refractivity contribution in [2.45, 2.75) is 10.9 Å². The van der Waals surface area contributed by atoms with Gasteiger partial charge in [0.05, 0.1) is 17.6 Å². The Hall–Kier alpha value is -2.93. The monoisotopic (exact) mass is 369 g/mol. The van der Waals surface area contributed by atoms with Gasteiger partial charge < -0.3 is 9.40 Å². The summed E-state index contributed by atoms with van der Waals surface area (Å²) >= 11 is 1.47. The van der Waals surface area contributed by atoms with Gasteiger partial charge in [-0.2, -0.15) is 0 Å². The first-order valence-corrected chi connectivity index (χ1v) is 8.80. The van der Waals surface area contributed by atoms with Crippen LogP contribution in [0.3, 0.4) is 0 Å². The van der Waals surface area contributed by atoms with E-state index in [-0.39, 0.29) is 11.6 Å². The van der Waals surface area contributed by atoms with Gasteiger partial charge in [-0.25, -0.2) is 18.7 Å². The molecule has 4 aromatic rings. The van der Waals surface area contributed by atoms with Crippen molar-refractivity contribution < 1.29 is 13.2 Å². The Kier molecular flexibility index (Phi) is 4.53. The normalized spacial score (nSPS) is 11.0. The van der Waals surface area contributed by atoms with Crippen molar-refractivity contribution in [3.8, 4) is 22.7 Å². The van der Waals surface area contributed by atoms with Crippen LogP contribution >= 0.6 is 11.8 Å². The number of rotatable bonds is 5. The molecule has 0 fully saturated rings. The lowest BCUT2D eigenvalue weighted by Crippen LogP contribution is -1.84. The molecule has 1 N–H and O–H groups in total. The Morgan fingerprint density at radius 2 is 1.85 bits per heavy atom. The number of benzene rings is 2. The zero-order valence-corrected chi connectivity index (χ0v) is 14.3. The van der Waals surface area contributed by atoms with E-state index in [2.05, 4.69) is 15.0 Å². The second-order valence-electron chi connectivity index (χ2n) is 5.55. The topological polar surface area (TPSA) is 54.7 Å². The highest BCUT2D eigenvalue weighted by atomic mass is 32.2. The predicted octanol–water partition coefficient (Wildman–Crippen LogP) is 5.30. The number of halogens is 2. The summed E-state index contributed by atoms with van der Waals surface area (Å²) in [7, 11) is 0. The van der Waals surface area contributed by atoms with E-state index in [0.29, 0.717) is 17.2 Å². The number of aromatic nitrogens is 3. The molecule has 0 bridgehead atoms. The van der Waals surface area contributed by atoms with E-state index in [1.807, 2.05) is 0 Å². The number of hydrogen-bond acceptors (Lipinski definition) is 4. The lowest BCUT2D eigenvalue weighted by molar-refractivity contribution is 0.571. The van der Waals surface area contributed by atoms with Crippen LogP contribution in [0.2, 0.25) is 0 Å². The Bertz CT molecular complexity index is 1030. The Morgan fingerprint density at radius 1 is 1.00 bits per heavy atom. The fraction of sp³-hybridized carbons (Fsp3) is 0.0526. The molecule has 0 aliphatic carbocycles. The molecule has 2 heterocycles. The Labute approximate surface area is 152 Å². The number of aromatic amines is 1. The largest absolute Gasteiger partial charge is 0.444 e. The van der Waals surface area contributed by atoms with Crippen LogP contribution in [0, 0.1) is 11.6 Å². The van der Waals surface area contributed by atoms with Crippen molar-refractivity contribution in [1.29, 1.82) is 0 Å². The molecule has 7 heteroatoms. The van der Waals surface area contributed by atoms with Gasteiger partial charge in [-0.15, -0.1) is 0 Å². The first-order chi connectivity index (χ1) is 12.7. The molecule has 0 aliphatic heterocycles. The molecule has 0 radical (unpaired) electrons. The highest BCUT2D eigenvalue weighted by molar-refractivity contribution is 7.98. The molecule has 4 rings (SSSR count). The van der Waals surface area contributed by atoms with E-state index in [0.717, 1.165) is 22.1 Å².